The molecule has 2 aromatic carbocycles. The Morgan fingerprint density at radius 2 is 1.92 bits per heavy atom. The maximum atomic E-state index is 12.6. The van der Waals surface area contributed by atoms with Gasteiger partial charge >= 0.3 is 6.09 Å². The summed E-state index contributed by atoms with van der Waals surface area (Å²) < 4.78 is 10.3. The zero-order valence-electron chi connectivity index (χ0n) is 13.5. The second kappa shape index (κ2) is 7.17. The third-order valence-corrected chi connectivity index (χ3v) is 4.03. The molecule has 0 bridgehead atoms. The van der Waals surface area contributed by atoms with Crippen LogP contribution in [0.25, 0.3) is 0 Å². The van der Waals surface area contributed by atoms with Gasteiger partial charge in [0.15, 0.2) is 0 Å². The van der Waals surface area contributed by atoms with Gasteiger partial charge in [-0.15, -0.1) is 0 Å². The molecule has 124 valence electrons. The highest BCUT2D eigenvalue weighted by atomic mass is 16.6. The minimum Gasteiger partial charge on any atom is -0.497 e. The number of ether oxygens (including phenoxy) is 2. The van der Waals surface area contributed by atoms with Crippen molar-refractivity contribution in [3.63, 3.8) is 0 Å². The summed E-state index contributed by atoms with van der Waals surface area (Å²) in [4.78, 5) is 25.8. The highest BCUT2D eigenvalue weighted by Gasteiger charge is 2.37. The fourth-order valence-corrected chi connectivity index (χ4v) is 2.84. The molecule has 0 radical (unpaired) electrons. The normalized spacial score (nSPS) is 16.8. The Morgan fingerprint density at radius 1 is 1.17 bits per heavy atom. The van der Waals surface area contributed by atoms with Crippen LogP contribution in [-0.4, -0.2) is 36.7 Å². The first-order valence-electron chi connectivity index (χ1n) is 7.83. The van der Waals surface area contributed by atoms with E-state index in [-0.39, 0.29) is 25.0 Å². The van der Waals surface area contributed by atoms with E-state index >= 15 is 0 Å². The summed E-state index contributed by atoms with van der Waals surface area (Å²) in [6, 6.07) is 16.8. The molecule has 5 heteroatoms. The van der Waals surface area contributed by atoms with E-state index in [2.05, 4.69) is 0 Å². The van der Waals surface area contributed by atoms with E-state index < -0.39 is 6.09 Å². The van der Waals surface area contributed by atoms with Gasteiger partial charge in [-0.1, -0.05) is 42.5 Å². The van der Waals surface area contributed by atoms with Crippen LogP contribution in [0.4, 0.5) is 4.79 Å². The Labute approximate surface area is 140 Å². The molecule has 0 N–H and O–H groups in total. The first kappa shape index (κ1) is 16.1. The smallest absolute Gasteiger partial charge is 0.416 e. The molecular formula is C19H19NO4. The number of carbonyl (C=O) groups excluding carboxylic acids is 2. The Morgan fingerprint density at radius 3 is 2.67 bits per heavy atom. The van der Waals surface area contributed by atoms with Gasteiger partial charge in [-0.3, -0.25) is 4.79 Å². The van der Waals surface area contributed by atoms with Crippen LogP contribution < -0.4 is 4.74 Å². The lowest BCUT2D eigenvalue weighted by Gasteiger charge is -2.19. The van der Waals surface area contributed by atoms with Crippen LogP contribution in [0.15, 0.2) is 54.6 Å². The molecule has 1 aliphatic heterocycles. The predicted molar refractivity (Wildman–Crippen MR) is 88.8 cm³/mol. The van der Waals surface area contributed by atoms with Crippen LogP contribution in [0.5, 0.6) is 5.75 Å². The van der Waals surface area contributed by atoms with Gasteiger partial charge in [0.2, 0.25) is 5.91 Å². The summed E-state index contributed by atoms with van der Waals surface area (Å²) >= 11 is 0. The number of imide groups is 1. The monoisotopic (exact) mass is 325 g/mol. The molecule has 0 spiro atoms. The van der Waals surface area contributed by atoms with E-state index in [0.717, 1.165) is 11.1 Å². The Bertz CT molecular complexity index is 729. The predicted octanol–water partition coefficient (Wildman–Crippen LogP) is 2.83. The van der Waals surface area contributed by atoms with E-state index in [0.29, 0.717) is 12.2 Å². The van der Waals surface area contributed by atoms with Crippen molar-refractivity contribution in [1.29, 1.82) is 0 Å². The fourth-order valence-electron chi connectivity index (χ4n) is 2.84. The number of methoxy groups -OCH3 is 1. The van der Waals surface area contributed by atoms with Crippen LogP contribution in [0.1, 0.15) is 11.1 Å². The largest absolute Gasteiger partial charge is 0.497 e. The van der Waals surface area contributed by atoms with Gasteiger partial charge < -0.3 is 9.47 Å². The molecule has 1 fully saturated rings. The summed E-state index contributed by atoms with van der Waals surface area (Å²) in [5.41, 5.74) is 1.87. The van der Waals surface area contributed by atoms with Crippen LogP contribution in [0.2, 0.25) is 0 Å². The van der Waals surface area contributed by atoms with E-state index in [1.807, 2.05) is 48.5 Å². The number of amides is 2. The minimum atomic E-state index is -0.566. The first-order chi connectivity index (χ1) is 11.7. The van der Waals surface area contributed by atoms with Gasteiger partial charge in [0, 0.05) is 0 Å². The van der Waals surface area contributed by atoms with Crippen molar-refractivity contribution < 1.29 is 19.1 Å². The SMILES string of the molecule is COc1cccc(CC(=O)N2C(=O)OCC2Cc2ccccc2)c1. The maximum Gasteiger partial charge on any atom is 0.416 e. The molecular weight excluding hydrogens is 306 g/mol. The van der Waals surface area contributed by atoms with E-state index in [4.69, 9.17) is 9.47 Å². The lowest BCUT2D eigenvalue weighted by Crippen LogP contribution is -2.41. The summed E-state index contributed by atoms with van der Waals surface area (Å²) in [5.74, 6) is 0.428. The van der Waals surface area contributed by atoms with E-state index in [1.54, 1.807) is 13.2 Å². The molecule has 1 heterocycles. The lowest BCUT2D eigenvalue weighted by atomic mass is 10.0. The van der Waals surface area contributed by atoms with Crippen molar-refractivity contribution in [2.75, 3.05) is 13.7 Å². The third kappa shape index (κ3) is 3.56. The zero-order valence-corrected chi connectivity index (χ0v) is 13.5. The highest BCUT2D eigenvalue weighted by Crippen LogP contribution is 2.20. The average molecular weight is 325 g/mol. The van der Waals surface area contributed by atoms with E-state index in [1.165, 1.54) is 4.90 Å². The zero-order chi connectivity index (χ0) is 16.9. The molecule has 1 atom stereocenters. The van der Waals surface area contributed by atoms with Gasteiger partial charge in [0.05, 0.1) is 19.6 Å². The molecule has 3 rings (SSSR count). The minimum absolute atomic E-state index is 0.136. The Kier molecular flexibility index (Phi) is 4.79. The van der Waals surface area contributed by atoms with Crippen LogP contribution >= 0.6 is 0 Å². The van der Waals surface area contributed by atoms with Crippen molar-refractivity contribution in [2.45, 2.75) is 18.9 Å². The fraction of sp³-hybridized carbons (Fsp3) is 0.263. The molecule has 0 aliphatic carbocycles. The maximum absolute atomic E-state index is 12.6. The van der Waals surface area contributed by atoms with Gasteiger partial charge in [0.25, 0.3) is 0 Å². The number of carbonyl (C=O) groups is 2. The van der Waals surface area contributed by atoms with Gasteiger partial charge in [-0.2, -0.15) is 0 Å². The number of rotatable bonds is 5. The van der Waals surface area contributed by atoms with Crippen LogP contribution in [0, 0.1) is 0 Å². The molecule has 5 nitrogen and oxygen atoms in total. The van der Waals surface area contributed by atoms with Gasteiger partial charge in [0.1, 0.15) is 12.4 Å². The Balaban J connectivity index is 1.72. The molecule has 2 amide bonds. The van der Waals surface area contributed by atoms with Crippen molar-refractivity contribution in [3.05, 3.63) is 65.7 Å². The first-order valence-corrected chi connectivity index (χ1v) is 7.83. The topological polar surface area (TPSA) is 55.8 Å². The summed E-state index contributed by atoms with van der Waals surface area (Å²) in [5, 5.41) is 0. The van der Waals surface area contributed by atoms with Crippen molar-refractivity contribution in [1.82, 2.24) is 4.90 Å². The Hall–Kier alpha value is -2.82. The molecule has 1 saturated heterocycles. The number of hydrogen-bond donors (Lipinski definition) is 0. The molecule has 0 saturated carbocycles. The van der Waals surface area contributed by atoms with Crippen molar-refractivity contribution in [2.24, 2.45) is 0 Å². The molecule has 1 aliphatic rings. The van der Waals surface area contributed by atoms with E-state index in [9.17, 15) is 9.59 Å². The molecule has 24 heavy (non-hydrogen) atoms. The number of cyclic esters (lactones) is 1. The summed E-state index contributed by atoms with van der Waals surface area (Å²) in [6.07, 6.45) is 0.164. The van der Waals surface area contributed by atoms with Crippen molar-refractivity contribution >= 4 is 12.0 Å². The van der Waals surface area contributed by atoms with Crippen LogP contribution in [0.3, 0.4) is 0 Å². The quantitative estimate of drug-likeness (QED) is 0.848. The summed E-state index contributed by atoms with van der Waals surface area (Å²) in [6.45, 7) is 0.234. The third-order valence-electron chi connectivity index (χ3n) is 4.03. The van der Waals surface area contributed by atoms with Gasteiger partial charge in [-0.25, -0.2) is 9.69 Å². The second-order valence-corrected chi connectivity index (χ2v) is 5.71. The highest BCUT2D eigenvalue weighted by molar-refractivity contribution is 5.94. The standard InChI is InChI=1S/C19H19NO4/c1-23-17-9-5-8-15(11-17)12-18(21)20-16(13-24-19(20)22)10-14-6-3-2-4-7-14/h2-9,11,16H,10,12-13H2,1H3. The average Bonchev–Trinajstić information content (AvgIpc) is 2.96. The number of hydrogen-bond acceptors (Lipinski definition) is 4. The molecule has 1 unspecified atom stereocenters. The van der Waals surface area contributed by atoms with Crippen molar-refractivity contribution in [3.8, 4) is 5.75 Å². The number of nitrogens with zero attached hydrogens (tertiary/aromatic N) is 1. The van der Waals surface area contributed by atoms with Gasteiger partial charge in [-0.05, 0) is 29.7 Å². The molecule has 0 aromatic heterocycles. The second-order valence-electron chi connectivity index (χ2n) is 5.71. The summed E-state index contributed by atoms with van der Waals surface area (Å²) in [7, 11) is 1.58. The van der Waals surface area contributed by atoms with Crippen LogP contribution in [-0.2, 0) is 22.4 Å². The number of benzene rings is 2. The molecule has 2 aromatic rings. The lowest BCUT2D eigenvalue weighted by molar-refractivity contribution is -0.128.